The molecule has 1 aromatic heterocycles. The molecule has 1 aromatic carbocycles. The van der Waals surface area contributed by atoms with E-state index in [0.29, 0.717) is 6.42 Å². The first-order valence-electron chi connectivity index (χ1n) is 5.37. The lowest BCUT2D eigenvalue weighted by Crippen LogP contribution is -2.12. The third kappa shape index (κ3) is 1.94. The van der Waals surface area contributed by atoms with E-state index < -0.39 is 5.97 Å². The number of hydrogen-bond donors (Lipinski definition) is 2. The van der Waals surface area contributed by atoms with E-state index in [9.17, 15) is 4.79 Å². The standard InChI is InChI=1S/C13H15NO2/c1-8-5-10(6-9(2)13(15)16)7-11-3-4-14-12(8)11/h3-5,7,9,14H,6H2,1-2H3,(H,15,16). The van der Waals surface area contributed by atoms with Crippen LogP contribution in [0, 0.1) is 12.8 Å². The quantitative estimate of drug-likeness (QED) is 0.830. The van der Waals surface area contributed by atoms with Crippen molar-refractivity contribution in [2.24, 2.45) is 5.92 Å². The number of aryl methyl sites for hydroxylation is 1. The van der Waals surface area contributed by atoms with Gasteiger partial charge in [-0.05, 0) is 42.0 Å². The Morgan fingerprint density at radius 2 is 2.25 bits per heavy atom. The van der Waals surface area contributed by atoms with Gasteiger partial charge < -0.3 is 10.1 Å². The van der Waals surface area contributed by atoms with Crippen molar-refractivity contribution in [3.63, 3.8) is 0 Å². The zero-order chi connectivity index (χ0) is 11.7. The van der Waals surface area contributed by atoms with Crippen molar-refractivity contribution in [2.75, 3.05) is 0 Å². The molecule has 2 rings (SSSR count). The Hall–Kier alpha value is -1.77. The van der Waals surface area contributed by atoms with Gasteiger partial charge in [0.25, 0.3) is 0 Å². The van der Waals surface area contributed by atoms with E-state index >= 15 is 0 Å². The highest BCUT2D eigenvalue weighted by atomic mass is 16.4. The Bertz CT molecular complexity index is 528. The van der Waals surface area contributed by atoms with Gasteiger partial charge in [0.2, 0.25) is 0 Å². The van der Waals surface area contributed by atoms with Gasteiger partial charge in [-0.25, -0.2) is 0 Å². The first kappa shape index (κ1) is 10.7. The van der Waals surface area contributed by atoms with Crippen molar-refractivity contribution in [2.45, 2.75) is 20.3 Å². The number of aromatic nitrogens is 1. The van der Waals surface area contributed by atoms with Gasteiger partial charge >= 0.3 is 5.97 Å². The summed E-state index contributed by atoms with van der Waals surface area (Å²) < 4.78 is 0. The molecule has 84 valence electrons. The minimum absolute atomic E-state index is 0.337. The van der Waals surface area contributed by atoms with Gasteiger partial charge in [-0.2, -0.15) is 0 Å². The summed E-state index contributed by atoms with van der Waals surface area (Å²) in [6.07, 6.45) is 2.49. The fourth-order valence-corrected chi connectivity index (χ4v) is 1.99. The number of rotatable bonds is 3. The molecule has 0 fully saturated rings. The number of aliphatic carboxylic acids is 1. The number of carboxylic acid groups (broad SMARTS) is 1. The normalized spacial score (nSPS) is 12.9. The summed E-state index contributed by atoms with van der Waals surface area (Å²) in [5, 5.41) is 10.0. The summed E-state index contributed by atoms with van der Waals surface area (Å²) in [7, 11) is 0. The lowest BCUT2D eigenvalue weighted by Gasteiger charge is -2.07. The predicted molar refractivity (Wildman–Crippen MR) is 63.5 cm³/mol. The van der Waals surface area contributed by atoms with Crippen LogP contribution in [0.15, 0.2) is 24.4 Å². The fraction of sp³-hybridized carbons (Fsp3) is 0.308. The fourth-order valence-electron chi connectivity index (χ4n) is 1.99. The summed E-state index contributed by atoms with van der Waals surface area (Å²) in [4.78, 5) is 14.0. The molecule has 1 unspecified atom stereocenters. The second kappa shape index (κ2) is 4.00. The van der Waals surface area contributed by atoms with Crippen LogP contribution < -0.4 is 0 Å². The van der Waals surface area contributed by atoms with Crippen LogP contribution >= 0.6 is 0 Å². The van der Waals surface area contributed by atoms with Crippen molar-refractivity contribution in [3.8, 4) is 0 Å². The largest absolute Gasteiger partial charge is 0.481 e. The van der Waals surface area contributed by atoms with Gasteiger partial charge in [-0.1, -0.05) is 13.0 Å². The first-order chi connectivity index (χ1) is 7.58. The molecule has 0 aliphatic heterocycles. The molecule has 0 bridgehead atoms. The summed E-state index contributed by atoms with van der Waals surface area (Å²) in [5.74, 6) is -1.08. The molecule has 0 aliphatic carbocycles. The first-order valence-corrected chi connectivity index (χ1v) is 5.37. The van der Waals surface area contributed by atoms with E-state index in [2.05, 4.69) is 17.1 Å². The number of hydrogen-bond acceptors (Lipinski definition) is 1. The van der Waals surface area contributed by atoms with Crippen LogP contribution in [0.3, 0.4) is 0 Å². The van der Waals surface area contributed by atoms with Gasteiger partial charge in [0.1, 0.15) is 0 Å². The second-order valence-corrected chi connectivity index (χ2v) is 4.30. The van der Waals surface area contributed by atoms with Crippen LogP contribution in [0.25, 0.3) is 10.9 Å². The van der Waals surface area contributed by atoms with E-state index in [0.717, 1.165) is 22.0 Å². The smallest absolute Gasteiger partial charge is 0.306 e. The van der Waals surface area contributed by atoms with E-state index in [4.69, 9.17) is 5.11 Å². The third-order valence-corrected chi connectivity index (χ3v) is 2.88. The Labute approximate surface area is 94.1 Å². The molecule has 1 heterocycles. The Balaban J connectivity index is 2.35. The van der Waals surface area contributed by atoms with Gasteiger partial charge in [0.15, 0.2) is 0 Å². The van der Waals surface area contributed by atoms with E-state index in [1.807, 2.05) is 19.2 Å². The maximum absolute atomic E-state index is 10.8. The van der Waals surface area contributed by atoms with Gasteiger partial charge in [0.05, 0.1) is 5.92 Å². The van der Waals surface area contributed by atoms with E-state index in [1.165, 1.54) is 0 Å². The molecule has 1 atom stereocenters. The monoisotopic (exact) mass is 217 g/mol. The van der Waals surface area contributed by atoms with Crippen LogP contribution in [-0.2, 0) is 11.2 Å². The molecular weight excluding hydrogens is 202 g/mol. The Kier molecular flexibility index (Phi) is 2.69. The molecule has 3 nitrogen and oxygen atoms in total. The van der Waals surface area contributed by atoms with Crippen molar-refractivity contribution in [3.05, 3.63) is 35.5 Å². The molecular formula is C13H15NO2. The minimum atomic E-state index is -0.744. The molecule has 16 heavy (non-hydrogen) atoms. The van der Waals surface area contributed by atoms with Crippen molar-refractivity contribution in [1.29, 1.82) is 0 Å². The maximum atomic E-state index is 10.8. The average molecular weight is 217 g/mol. The number of fused-ring (bicyclic) bond motifs is 1. The minimum Gasteiger partial charge on any atom is -0.481 e. The van der Waals surface area contributed by atoms with Crippen molar-refractivity contribution in [1.82, 2.24) is 4.98 Å². The van der Waals surface area contributed by atoms with Gasteiger partial charge in [0, 0.05) is 11.7 Å². The average Bonchev–Trinajstić information content (AvgIpc) is 2.65. The molecule has 0 saturated carbocycles. The number of carbonyl (C=O) groups is 1. The van der Waals surface area contributed by atoms with E-state index in [-0.39, 0.29) is 5.92 Å². The van der Waals surface area contributed by atoms with E-state index in [1.54, 1.807) is 6.92 Å². The topological polar surface area (TPSA) is 53.1 Å². The molecule has 3 heteroatoms. The number of H-pyrrole nitrogens is 1. The van der Waals surface area contributed by atoms with Crippen molar-refractivity contribution < 1.29 is 9.90 Å². The molecule has 2 N–H and O–H groups in total. The number of nitrogens with one attached hydrogen (secondary N) is 1. The molecule has 0 spiro atoms. The Morgan fingerprint density at radius 3 is 2.94 bits per heavy atom. The number of carboxylic acids is 1. The maximum Gasteiger partial charge on any atom is 0.306 e. The highest BCUT2D eigenvalue weighted by Crippen LogP contribution is 2.21. The highest BCUT2D eigenvalue weighted by Gasteiger charge is 2.12. The molecule has 0 amide bonds. The summed E-state index contributed by atoms with van der Waals surface area (Å²) >= 11 is 0. The zero-order valence-corrected chi connectivity index (χ0v) is 9.45. The third-order valence-electron chi connectivity index (χ3n) is 2.88. The van der Waals surface area contributed by atoms with Crippen LogP contribution in [-0.4, -0.2) is 16.1 Å². The highest BCUT2D eigenvalue weighted by molar-refractivity contribution is 5.83. The zero-order valence-electron chi connectivity index (χ0n) is 9.45. The van der Waals surface area contributed by atoms with Gasteiger partial charge in [-0.3, -0.25) is 4.79 Å². The summed E-state index contributed by atoms with van der Waals surface area (Å²) in [6.45, 7) is 3.77. The van der Waals surface area contributed by atoms with Gasteiger partial charge in [-0.15, -0.1) is 0 Å². The van der Waals surface area contributed by atoms with Crippen LogP contribution in [0.5, 0.6) is 0 Å². The SMILES string of the molecule is Cc1cc(CC(C)C(=O)O)cc2cc[nH]c12. The predicted octanol–water partition coefficient (Wildman–Crippen LogP) is 2.74. The van der Waals surface area contributed by atoms with Crippen LogP contribution in [0.2, 0.25) is 0 Å². The molecule has 0 aliphatic rings. The molecule has 0 radical (unpaired) electrons. The van der Waals surface area contributed by atoms with Crippen molar-refractivity contribution >= 4 is 16.9 Å². The lowest BCUT2D eigenvalue weighted by molar-refractivity contribution is -0.141. The number of aromatic amines is 1. The number of benzene rings is 1. The van der Waals surface area contributed by atoms with Crippen LogP contribution in [0.4, 0.5) is 0 Å². The molecule has 0 saturated heterocycles. The lowest BCUT2D eigenvalue weighted by atomic mass is 9.98. The van der Waals surface area contributed by atoms with Crippen LogP contribution in [0.1, 0.15) is 18.1 Å². The summed E-state index contributed by atoms with van der Waals surface area (Å²) in [5.41, 5.74) is 3.38. The summed E-state index contributed by atoms with van der Waals surface area (Å²) in [6, 6.07) is 6.12. The molecule has 2 aromatic rings. The second-order valence-electron chi connectivity index (χ2n) is 4.30. The Morgan fingerprint density at radius 1 is 1.50 bits per heavy atom.